The van der Waals surface area contributed by atoms with E-state index in [1.807, 2.05) is 24.3 Å². The van der Waals surface area contributed by atoms with Gasteiger partial charge in [-0.25, -0.2) is 4.39 Å². The number of ether oxygens (including phenoxy) is 2. The molecule has 0 unspecified atom stereocenters. The van der Waals surface area contributed by atoms with Gasteiger partial charge in [0.05, 0.1) is 30.2 Å². The summed E-state index contributed by atoms with van der Waals surface area (Å²) in [5.41, 5.74) is 2.01. The summed E-state index contributed by atoms with van der Waals surface area (Å²) in [5, 5.41) is 8.52. The maximum Gasteiger partial charge on any atom is 0.201 e. The lowest BCUT2D eigenvalue weighted by atomic mass is 10.1. The van der Waals surface area contributed by atoms with E-state index in [1.54, 1.807) is 24.3 Å². The minimum Gasteiger partial charge on any atom is -0.494 e. The van der Waals surface area contributed by atoms with Gasteiger partial charge in [0.25, 0.3) is 0 Å². The summed E-state index contributed by atoms with van der Waals surface area (Å²) in [6.45, 7) is 5.36. The molecule has 0 spiro atoms. The van der Waals surface area contributed by atoms with Crippen molar-refractivity contribution in [2.24, 2.45) is 10.2 Å². The Balaban J connectivity index is 1.52. The minimum atomic E-state index is -1.01. The van der Waals surface area contributed by atoms with E-state index in [0.717, 1.165) is 43.7 Å². The molecule has 0 fully saturated rings. The number of rotatable bonds is 14. The van der Waals surface area contributed by atoms with Gasteiger partial charge in [-0.05, 0) is 73.5 Å². The summed E-state index contributed by atoms with van der Waals surface area (Å²) >= 11 is 0. The number of benzene rings is 3. The first-order valence-electron chi connectivity index (χ1n) is 13.5. The van der Waals surface area contributed by atoms with Crippen LogP contribution in [0.3, 0.4) is 0 Å². The second-order valence-electron chi connectivity index (χ2n) is 9.05. The van der Waals surface area contributed by atoms with Gasteiger partial charge in [-0.3, -0.25) is 0 Å². The Hall–Kier alpha value is -3.72. The van der Waals surface area contributed by atoms with Crippen LogP contribution in [0.2, 0.25) is 0 Å². The van der Waals surface area contributed by atoms with Crippen LogP contribution in [0.25, 0.3) is 0 Å². The van der Waals surface area contributed by atoms with E-state index < -0.39 is 11.6 Å². The Morgan fingerprint density at radius 3 is 1.87 bits per heavy atom. The Morgan fingerprint density at radius 2 is 1.18 bits per heavy atom. The van der Waals surface area contributed by atoms with E-state index in [1.165, 1.54) is 37.8 Å². The smallest absolute Gasteiger partial charge is 0.201 e. The van der Waals surface area contributed by atoms with Crippen LogP contribution >= 0.6 is 0 Å². The zero-order chi connectivity index (χ0) is 27.0. The standard InChI is InChI=1S/C32H36F2N2O2/c1-3-5-7-8-10-23-37-29-20-18-28(19-21-29)36-35-27-16-12-25(13-17-27)11-14-26-15-22-30(32(34)31(26)33)38-24-9-6-4-2/h12-13,15-22H,3-10,23-24H2,1-2H3. The van der Waals surface area contributed by atoms with Gasteiger partial charge >= 0.3 is 0 Å². The molecule has 0 aromatic heterocycles. The molecule has 0 bridgehead atoms. The Morgan fingerprint density at radius 1 is 0.605 bits per heavy atom. The van der Waals surface area contributed by atoms with E-state index >= 15 is 0 Å². The molecule has 0 aliphatic rings. The fraction of sp³-hybridized carbons (Fsp3) is 0.375. The zero-order valence-electron chi connectivity index (χ0n) is 22.3. The van der Waals surface area contributed by atoms with Gasteiger partial charge in [0, 0.05) is 5.56 Å². The molecule has 3 aromatic rings. The molecule has 0 radical (unpaired) electrons. The van der Waals surface area contributed by atoms with Crippen LogP contribution in [0, 0.1) is 23.5 Å². The summed E-state index contributed by atoms with van der Waals surface area (Å²) in [5.74, 6) is 4.29. The third-order valence-corrected chi connectivity index (χ3v) is 5.90. The van der Waals surface area contributed by atoms with Crippen LogP contribution in [-0.4, -0.2) is 13.2 Å². The lowest BCUT2D eigenvalue weighted by molar-refractivity contribution is 0.286. The van der Waals surface area contributed by atoms with Crippen molar-refractivity contribution in [1.29, 1.82) is 0 Å². The molecule has 0 saturated carbocycles. The quantitative estimate of drug-likeness (QED) is 0.121. The Bertz CT molecular complexity index is 1210. The van der Waals surface area contributed by atoms with Gasteiger partial charge in [0.15, 0.2) is 11.6 Å². The average Bonchev–Trinajstić information content (AvgIpc) is 2.95. The van der Waals surface area contributed by atoms with Crippen LogP contribution in [0.5, 0.6) is 11.5 Å². The molecule has 0 amide bonds. The fourth-order valence-electron chi connectivity index (χ4n) is 3.65. The number of azo groups is 1. The van der Waals surface area contributed by atoms with Crippen molar-refractivity contribution in [3.05, 3.63) is 83.4 Å². The summed E-state index contributed by atoms with van der Waals surface area (Å²) < 4.78 is 39.9. The second kappa shape index (κ2) is 16.2. The van der Waals surface area contributed by atoms with Crippen molar-refractivity contribution in [1.82, 2.24) is 0 Å². The van der Waals surface area contributed by atoms with Crippen LogP contribution < -0.4 is 9.47 Å². The van der Waals surface area contributed by atoms with E-state index in [2.05, 4.69) is 35.9 Å². The molecular weight excluding hydrogens is 482 g/mol. The number of hydrogen-bond acceptors (Lipinski definition) is 4. The minimum absolute atomic E-state index is 0.0175. The van der Waals surface area contributed by atoms with E-state index in [0.29, 0.717) is 17.9 Å². The highest BCUT2D eigenvalue weighted by Crippen LogP contribution is 2.24. The van der Waals surface area contributed by atoms with Crippen molar-refractivity contribution in [3.63, 3.8) is 0 Å². The first-order valence-corrected chi connectivity index (χ1v) is 13.5. The van der Waals surface area contributed by atoms with E-state index in [9.17, 15) is 8.78 Å². The van der Waals surface area contributed by atoms with Crippen molar-refractivity contribution >= 4 is 11.4 Å². The SMILES string of the molecule is CCCCCCCOc1ccc(N=Nc2ccc(C#Cc3ccc(OCCCCC)c(F)c3F)cc2)cc1. The molecule has 4 nitrogen and oxygen atoms in total. The van der Waals surface area contributed by atoms with Gasteiger partial charge in [-0.1, -0.05) is 64.2 Å². The summed E-state index contributed by atoms with van der Waals surface area (Å²) in [7, 11) is 0. The third-order valence-electron chi connectivity index (χ3n) is 5.90. The van der Waals surface area contributed by atoms with Gasteiger partial charge in [0.2, 0.25) is 5.82 Å². The summed E-state index contributed by atoms with van der Waals surface area (Å²) in [6.07, 6.45) is 8.85. The lowest BCUT2D eigenvalue weighted by Gasteiger charge is -2.08. The molecule has 0 heterocycles. The highest BCUT2D eigenvalue weighted by Gasteiger charge is 2.13. The summed E-state index contributed by atoms with van der Waals surface area (Å²) in [4.78, 5) is 0. The monoisotopic (exact) mass is 518 g/mol. The number of hydrogen-bond donors (Lipinski definition) is 0. The van der Waals surface area contributed by atoms with Gasteiger partial charge in [0.1, 0.15) is 5.75 Å². The van der Waals surface area contributed by atoms with Gasteiger partial charge in [-0.2, -0.15) is 14.6 Å². The highest BCUT2D eigenvalue weighted by molar-refractivity contribution is 5.49. The molecule has 38 heavy (non-hydrogen) atoms. The molecule has 0 aliphatic heterocycles. The number of unbranched alkanes of at least 4 members (excludes halogenated alkanes) is 6. The predicted octanol–water partition coefficient (Wildman–Crippen LogP) is 9.70. The van der Waals surface area contributed by atoms with Crippen molar-refractivity contribution in [2.45, 2.75) is 65.2 Å². The van der Waals surface area contributed by atoms with E-state index in [-0.39, 0.29) is 11.3 Å². The molecule has 0 atom stereocenters. The molecule has 3 rings (SSSR count). The number of nitrogens with zero attached hydrogens (tertiary/aromatic N) is 2. The van der Waals surface area contributed by atoms with Crippen LogP contribution in [-0.2, 0) is 0 Å². The molecule has 6 heteroatoms. The van der Waals surface area contributed by atoms with Crippen molar-refractivity contribution in [2.75, 3.05) is 13.2 Å². The Kier molecular flexibility index (Phi) is 12.3. The van der Waals surface area contributed by atoms with Crippen LogP contribution in [0.4, 0.5) is 20.2 Å². The van der Waals surface area contributed by atoms with Crippen molar-refractivity contribution in [3.8, 4) is 23.3 Å². The van der Waals surface area contributed by atoms with Crippen molar-refractivity contribution < 1.29 is 18.3 Å². The van der Waals surface area contributed by atoms with Gasteiger partial charge < -0.3 is 9.47 Å². The maximum absolute atomic E-state index is 14.4. The first kappa shape index (κ1) is 28.8. The molecule has 0 saturated heterocycles. The second-order valence-corrected chi connectivity index (χ2v) is 9.05. The third kappa shape index (κ3) is 9.63. The first-order chi connectivity index (χ1) is 18.6. The van der Waals surface area contributed by atoms with Crippen LogP contribution in [0.15, 0.2) is 70.9 Å². The molecule has 200 valence electrons. The molecule has 0 N–H and O–H groups in total. The summed E-state index contributed by atoms with van der Waals surface area (Å²) in [6, 6.07) is 17.4. The zero-order valence-corrected chi connectivity index (χ0v) is 22.3. The number of halogens is 2. The molecule has 0 aliphatic carbocycles. The fourth-order valence-corrected chi connectivity index (χ4v) is 3.65. The maximum atomic E-state index is 14.4. The van der Waals surface area contributed by atoms with Crippen LogP contribution in [0.1, 0.15) is 76.3 Å². The Labute approximate surface area is 225 Å². The van der Waals surface area contributed by atoms with Gasteiger partial charge in [-0.15, -0.1) is 0 Å². The topological polar surface area (TPSA) is 43.2 Å². The average molecular weight is 519 g/mol. The molecular formula is C32H36F2N2O2. The van der Waals surface area contributed by atoms with E-state index in [4.69, 9.17) is 9.47 Å². The highest BCUT2D eigenvalue weighted by atomic mass is 19.2. The predicted molar refractivity (Wildman–Crippen MR) is 149 cm³/mol. The molecule has 3 aromatic carbocycles. The largest absolute Gasteiger partial charge is 0.494 e. The lowest BCUT2D eigenvalue weighted by Crippen LogP contribution is -2.01. The normalized spacial score (nSPS) is 10.8.